The first-order valence-electron chi connectivity index (χ1n) is 6.46. The first-order chi connectivity index (χ1) is 8.40. The van der Waals surface area contributed by atoms with Gasteiger partial charge in [0.15, 0.2) is 0 Å². The number of thiophene rings is 1. The van der Waals surface area contributed by atoms with Crippen LogP contribution in [0.2, 0.25) is 0 Å². The lowest BCUT2D eigenvalue weighted by molar-refractivity contribution is -0.133. The van der Waals surface area contributed by atoms with Gasteiger partial charge < -0.3 is 10.6 Å². The number of nitrogens with two attached hydrogens (primary N) is 1. The van der Waals surface area contributed by atoms with Crippen molar-refractivity contribution in [3.05, 3.63) is 21.9 Å². The first kappa shape index (κ1) is 13.6. The third-order valence-corrected chi connectivity index (χ3v) is 4.97. The molecule has 1 aromatic heterocycles. The molecule has 1 atom stereocenters. The molecule has 2 N–H and O–H groups in total. The average Bonchev–Trinajstić information content (AvgIpc) is 2.68. The zero-order valence-electron chi connectivity index (χ0n) is 11.4. The lowest BCUT2D eigenvalue weighted by atomic mass is 9.79. The molecule has 0 spiro atoms. The molecule has 1 saturated heterocycles. The van der Waals surface area contributed by atoms with Crippen LogP contribution < -0.4 is 5.73 Å². The van der Waals surface area contributed by atoms with E-state index in [2.05, 4.69) is 26.8 Å². The Morgan fingerprint density at radius 1 is 1.61 bits per heavy atom. The summed E-state index contributed by atoms with van der Waals surface area (Å²) in [5.74, 6) is 0.237. The van der Waals surface area contributed by atoms with E-state index in [1.807, 2.05) is 10.3 Å². The van der Waals surface area contributed by atoms with E-state index >= 15 is 0 Å². The summed E-state index contributed by atoms with van der Waals surface area (Å²) in [6, 6.07) is 2.27. The molecule has 1 fully saturated rings. The second-order valence-corrected chi connectivity index (χ2v) is 6.90. The Bertz CT molecular complexity index is 439. The van der Waals surface area contributed by atoms with E-state index in [9.17, 15) is 4.79 Å². The minimum Gasteiger partial charge on any atom is -0.342 e. The molecule has 1 aliphatic heterocycles. The number of piperidine rings is 1. The molecule has 0 radical (unpaired) electrons. The Morgan fingerprint density at radius 2 is 2.33 bits per heavy atom. The number of hydrogen-bond donors (Lipinski definition) is 1. The molecule has 1 amide bonds. The molecule has 0 bridgehead atoms. The van der Waals surface area contributed by atoms with E-state index in [1.54, 1.807) is 11.3 Å². The highest BCUT2D eigenvalue weighted by Gasteiger charge is 2.35. The van der Waals surface area contributed by atoms with Gasteiger partial charge in [-0.15, -0.1) is 11.3 Å². The first-order valence-corrected chi connectivity index (χ1v) is 7.34. The van der Waals surface area contributed by atoms with Gasteiger partial charge in [0.05, 0.1) is 6.42 Å². The van der Waals surface area contributed by atoms with Crippen molar-refractivity contribution in [3.8, 4) is 0 Å². The van der Waals surface area contributed by atoms with Gasteiger partial charge in [-0.3, -0.25) is 4.79 Å². The Labute approximate surface area is 113 Å². The maximum absolute atomic E-state index is 12.3. The van der Waals surface area contributed by atoms with Gasteiger partial charge in [0.2, 0.25) is 5.91 Å². The van der Waals surface area contributed by atoms with Gasteiger partial charge >= 0.3 is 0 Å². The zero-order chi connectivity index (χ0) is 13.3. The van der Waals surface area contributed by atoms with Gasteiger partial charge in [0, 0.05) is 24.0 Å². The largest absolute Gasteiger partial charge is 0.342 e. The highest BCUT2D eigenvalue weighted by Crippen LogP contribution is 2.28. The Balaban J connectivity index is 2.00. The lowest BCUT2D eigenvalue weighted by Gasteiger charge is -2.42. The molecule has 2 rings (SSSR count). The van der Waals surface area contributed by atoms with Crippen molar-refractivity contribution in [2.24, 2.45) is 11.1 Å². The number of amides is 1. The number of carbonyl (C=O) groups excluding carboxylic acids is 1. The van der Waals surface area contributed by atoms with Crippen LogP contribution in [-0.2, 0) is 11.2 Å². The number of nitrogens with zero attached hydrogens (tertiary/aromatic N) is 1. The number of rotatable bonds is 2. The molecule has 0 aliphatic carbocycles. The van der Waals surface area contributed by atoms with Gasteiger partial charge in [-0.25, -0.2) is 0 Å². The van der Waals surface area contributed by atoms with Gasteiger partial charge in [-0.2, -0.15) is 0 Å². The molecule has 1 aliphatic rings. The van der Waals surface area contributed by atoms with Crippen molar-refractivity contribution in [2.45, 2.75) is 39.7 Å². The molecule has 1 aromatic rings. The van der Waals surface area contributed by atoms with Crippen LogP contribution in [0.25, 0.3) is 0 Å². The fraction of sp³-hybridized carbons (Fsp3) is 0.643. The Morgan fingerprint density at radius 3 is 2.89 bits per heavy atom. The summed E-state index contributed by atoms with van der Waals surface area (Å²) in [5, 5.41) is 2.05. The second-order valence-electron chi connectivity index (χ2n) is 5.90. The van der Waals surface area contributed by atoms with Crippen LogP contribution in [0, 0.1) is 12.3 Å². The van der Waals surface area contributed by atoms with Gasteiger partial charge in [0.1, 0.15) is 0 Å². The van der Waals surface area contributed by atoms with Crippen molar-refractivity contribution in [1.29, 1.82) is 0 Å². The smallest absolute Gasteiger partial charge is 0.227 e. The molecule has 4 heteroatoms. The summed E-state index contributed by atoms with van der Waals surface area (Å²) in [6.45, 7) is 7.93. The molecular weight excluding hydrogens is 244 g/mol. The van der Waals surface area contributed by atoms with E-state index < -0.39 is 0 Å². The minimum absolute atomic E-state index is 0.0262. The molecule has 18 heavy (non-hydrogen) atoms. The lowest BCUT2D eigenvalue weighted by Crippen LogP contribution is -2.54. The molecule has 3 nitrogen and oxygen atoms in total. The van der Waals surface area contributed by atoms with Gasteiger partial charge in [-0.05, 0) is 35.8 Å². The van der Waals surface area contributed by atoms with Crippen molar-refractivity contribution < 1.29 is 4.79 Å². The Hall–Kier alpha value is -0.870. The van der Waals surface area contributed by atoms with E-state index in [4.69, 9.17) is 5.73 Å². The average molecular weight is 266 g/mol. The maximum atomic E-state index is 12.3. The van der Waals surface area contributed by atoms with Gasteiger partial charge in [0.25, 0.3) is 0 Å². The topological polar surface area (TPSA) is 46.3 Å². The fourth-order valence-electron chi connectivity index (χ4n) is 2.42. The van der Waals surface area contributed by atoms with Crippen LogP contribution in [0.3, 0.4) is 0 Å². The van der Waals surface area contributed by atoms with Crippen molar-refractivity contribution >= 4 is 17.2 Å². The quantitative estimate of drug-likeness (QED) is 0.892. The standard InChI is InChI=1S/C14H22N2OS/c1-10-5-7-18-11(10)8-13(17)16-6-4-12(15)14(2,3)9-16/h5,7,12H,4,6,8-9,15H2,1-3H3. The van der Waals surface area contributed by atoms with Crippen LogP contribution in [0.5, 0.6) is 0 Å². The molecule has 100 valence electrons. The number of carbonyl (C=O) groups is 1. The van der Waals surface area contributed by atoms with Crippen molar-refractivity contribution in [3.63, 3.8) is 0 Å². The molecule has 2 heterocycles. The molecular formula is C14H22N2OS. The van der Waals surface area contributed by atoms with E-state index in [1.165, 1.54) is 10.4 Å². The van der Waals surface area contributed by atoms with E-state index in [-0.39, 0.29) is 17.4 Å². The normalized spacial score (nSPS) is 23.1. The molecule has 1 unspecified atom stereocenters. The maximum Gasteiger partial charge on any atom is 0.227 e. The fourth-order valence-corrected chi connectivity index (χ4v) is 3.32. The van der Waals surface area contributed by atoms with Crippen LogP contribution >= 0.6 is 11.3 Å². The summed E-state index contributed by atoms with van der Waals surface area (Å²) in [5.41, 5.74) is 7.35. The number of likely N-dealkylation sites (tertiary alicyclic amines) is 1. The predicted octanol–water partition coefficient (Wildman–Crippen LogP) is 2.18. The van der Waals surface area contributed by atoms with Crippen molar-refractivity contribution in [2.75, 3.05) is 13.1 Å². The summed E-state index contributed by atoms with van der Waals surface area (Å²) in [4.78, 5) is 15.5. The van der Waals surface area contributed by atoms with Crippen LogP contribution in [0.4, 0.5) is 0 Å². The molecule has 0 aromatic carbocycles. The van der Waals surface area contributed by atoms with Crippen LogP contribution in [0.15, 0.2) is 11.4 Å². The van der Waals surface area contributed by atoms with E-state index in [0.717, 1.165) is 19.5 Å². The van der Waals surface area contributed by atoms with Crippen molar-refractivity contribution in [1.82, 2.24) is 4.90 Å². The highest BCUT2D eigenvalue weighted by molar-refractivity contribution is 7.10. The van der Waals surface area contributed by atoms with Crippen LogP contribution in [-0.4, -0.2) is 29.9 Å². The van der Waals surface area contributed by atoms with E-state index in [0.29, 0.717) is 6.42 Å². The van der Waals surface area contributed by atoms with Gasteiger partial charge in [-0.1, -0.05) is 13.8 Å². The SMILES string of the molecule is Cc1ccsc1CC(=O)N1CCC(N)C(C)(C)C1. The molecule has 0 saturated carbocycles. The Kier molecular flexibility index (Phi) is 3.78. The third kappa shape index (κ3) is 2.75. The zero-order valence-corrected chi connectivity index (χ0v) is 12.2. The summed E-state index contributed by atoms with van der Waals surface area (Å²) in [6.07, 6.45) is 1.44. The minimum atomic E-state index is 0.0262. The predicted molar refractivity (Wildman–Crippen MR) is 75.7 cm³/mol. The monoisotopic (exact) mass is 266 g/mol. The number of hydrogen-bond acceptors (Lipinski definition) is 3. The second kappa shape index (κ2) is 5.02. The van der Waals surface area contributed by atoms with Crippen LogP contribution in [0.1, 0.15) is 30.7 Å². The number of aryl methyl sites for hydroxylation is 1. The third-order valence-electron chi connectivity index (χ3n) is 3.94. The summed E-state index contributed by atoms with van der Waals surface area (Å²) in [7, 11) is 0. The summed E-state index contributed by atoms with van der Waals surface area (Å²) >= 11 is 1.67. The highest BCUT2D eigenvalue weighted by atomic mass is 32.1. The summed E-state index contributed by atoms with van der Waals surface area (Å²) < 4.78 is 0.